The fourth-order valence-corrected chi connectivity index (χ4v) is 4.53. The molecule has 3 fully saturated rings. The lowest BCUT2D eigenvalue weighted by molar-refractivity contribution is -0.184. The smallest absolute Gasteiger partial charge is 0.243 e. The van der Waals surface area contributed by atoms with E-state index in [1.807, 2.05) is 4.90 Å². The van der Waals surface area contributed by atoms with Crippen LogP contribution < -0.4 is 5.73 Å². The summed E-state index contributed by atoms with van der Waals surface area (Å²) in [4.78, 5) is 15.1. The lowest BCUT2D eigenvalue weighted by Gasteiger charge is -2.61. The van der Waals surface area contributed by atoms with Crippen molar-refractivity contribution < 1.29 is 9.53 Å². The highest BCUT2D eigenvalue weighted by Crippen LogP contribution is 2.58. The van der Waals surface area contributed by atoms with Crippen LogP contribution >= 0.6 is 0 Å². The molecule has 1 amide bonds. The number of hydrogen-bond donors (Lipinski definition) is 1. The first-order valence-corrected chi connectivity index (χ1v) is 8.19. The Morgan fingerprint density at radius 1 is 1.15 bits per heavy atom. The second-order valence-corrected chi connectivity index (χ2v) is 7.34. The van der Waals surface area contributed by atoms with Crippen LogP contribution in [0.5, 0.6) is 0 Å². The van der Waals surface area contributed by atoms with Gasteiger partial charge in [0.1, 0.15) is 5.54 Å². The summed E-state index contributed by atoms with van der Waals surface area (Å²) >= 11 is 0. The van der Waals surface area contributed by atoms with Crippen molar-refractivity contribution in [2.75, 3.05) is 19.7 Å². The average Bonchev–Trinajstić information content (AvgIpc) is 2.84. The van der Waals surface area contributed by atoms with Gasteiger partial charge < -0.3 is 15.4 Å². The van der Waals surface area contributed by atoms with Gasteiger partial charge in [-0.05, 0) is 19.3 Å². The maximum absolute atomic E-state index is 13.1. The first-order valence-electron chi connectivity index (χ1n) is 8.19. The van der Waals surface area contributed by atoms with Crippen molar-refractivity contribution in [1.29, 1.82) is 0 Å². The summed E-state index contributed by atoms with van der Waals surface area (Å²) in [5.74, 6) is 0.395. The molecule has 0 aromatic heterocycles. The Balaban J connectivity index is 1.78. The number of amides is 1. The Morgan fingerprint density at radius 2 is 1.75 bits per heavy atom. The third-order valence-corrected chi connectivity index (χ3v) is 5.95. The first-order chi connectivity index (χ1) is 9.49. The zero-order valence-corrected chi connectivity index (χ0v) is 12.9. The average molecular weight is 280 g/mol. The van der Waals surface area contributed by atoms with E-state index in [1.165, 1.54) is 19.3 Å². The third kappa shape index (κ3) is 1.84. The molecule has 0 bridgehead atoms. The normalized spacial score (nSPS) is 40.5. The van der Waals surface area contributed by atoms with Crippen LogP contribution in [0.1, 0.15) is 52.4 Å². The molecular formula is C16H28N2O2. The van der Waals surface area contributed by atoms with E-state index in [2.05, 4.69) is 13.8 Å². The zero-order chi connectivity index (χ0) is 14.4. The summed E-state index contributed by atoms with van der Waals surface area (Å²) in [6.07, 6.45) is 7.12. The fourth-order valence-electron chi connectivity index (χ4n) is 4.53. The molecule has 3 atom stereocenters. The van der Waals surface area contributed by atoms with Gasteiger partial charge in [0.25, 0.3) is 0 Å². The molecular weight excluding hydrogens is 252 g/mol. The number of carbonyl (C=O) groups excluding carboxylic acids is 1. The predicted molar refractivity (Wildman–Crippen MR) is 78.2 cm³/mol. The van der Waals surface area contributed by atoms with Crippen molar-refractivity contribution in [3.8, 4) is 0 Å². The molecule has 2 saturated heterocycles. The molecule has 2 N–H and O–H groups in total. The van der Waals surface area contributed by atoms with Crippen LogP contribution in [0.15, 0.2) is 0 Å². The van der Waals surface area contributed by atoms with Gasteiger partial charge in [-0.25, -0.2) is 0 Å². The first kappa shape index (κ1) is 14.3. The van der Waals surface area contributed by atoms with Crippen molar-refractivity contribution in [3.63, 3.8) is 0 Å². The second kappa shape index (κ2) is 4.99. The quantitative estimate of drug-likeness (QED) is 0.798. The Kier molecular flexibility index (Phi) is 3.57. The molecule has 3 aliphatic rings. The van der Waals surface area contributed by atoms with Gasteiger partial charge in [0.2, 0.25) is 5.91 Å². The number of nitrogens with two attached hydrogens (primary N) is 1. The Labute approximate surface area is 122 Å². The van der Waals surface area contributed by atoms with E-state index in [4.69, 9.17) is 10.5 Å². The molecule has 0 aromatic carbocycles. The third-order valence-electron chi connectivity index (χ3n) is 5.95. The van der Waals surface area contributed by atoms with E-state index in [9.17, 15) is 4.79 Å². The molecule has 20 heavy (non-hydrogen) atoms. The van der Waals surface area contributed by atoms with Crippen molar-refractivity contribution in [3.05, 3.63) is 0 Å². The number of ether oxygens (including phenoxy) is 1. The van der Waals surface area contributed by atoms with Crippen LogP contribution in [0.25, 0.3) is 0 Å². The highest BCUT2D eigenvalue weighted by Gasteiger charge is 2.71. The molecule has 3 unspecified atom stereocenters. The van der Waals surface area contributed by atoms with Gasteiger partial charge in [0.05, 0.1) is 6.10 Å². The van der Waals surface area contributed by atoms with Crippen molar-refractivity contribution >= 4 is 5.91 Å². The topological polar surface area (TPSA) is 55.6 Å². The van der Waals surface area contributed by atoms with Crippen LogP contribution in [0.4, 0.5) is 0 Å². The fraction of sp³-hybridized carbons (Fsp3) is 0.938. The highest BCUT2D eigenvalue weighted by molar-refractivity contribution is 5.89. The van der Waals surface area contributed by atoms with Crippen molar-refractivity contribution in [2.24, 2.45) is 17.1 Å². The number of hydrogen-bond acceptors (Lipinski definition) is 3. The minimum absolute atomic E-state index is 0.172. The Morgan fingerprint density at radius 3 is 2.40 bits per heavy atom. The van der Waals surface area contributed by atoms with Crippen LogP contribution in [0.2, 0.25) is 0 Å². The summed E-state index contributed by atoms with van der Waals surface area (Å²) < 4.78 is 5.79. The number of rotatable bonds is 1. The van der Waals surface area contributed by atoms with Crippen molar-refractivity contribution in [2.45, 2.75) is 64.0 Å². The summed E-state index contributed by atoms with van der Waals surface area (Å²) in [6, 6.07) is 0. The summed E-state index contributed by atoms with van der Waals surface area (Å²) in [7, 11) is 0. The van der Waals surface area contributed by atoms with E-state index in [-0.39, 0.29) is 23.3 Å². The van der Waals surface area contributed by atoms with Gasteiger partial charge in [0, 0.05) is 31.0 Å². The molecule has 4 nitrogen and oxygen atoms in total. The van der Waals surface area contributed by atoms with Gasteiger partial charge in [-0.15, -0.1) is 0 Å². The number of fused-ring (bicyclic) bond motifs is 1. The number of likely N-dealkylation sites (tertiary alicyclic amines) is 1. The predicted octanol–water partition coefficient (Wildman–Crippen LogP) is 1.92. The minimum Gasteiger partial charge on any atom is -0.377 e. The van der Waals surface area contributed by atoms with Crippen LogP contribution in [0.3, 0.4) is 0 Å². The maximum Gasteiger partial charge on any atom is 0.243 e. The Bertz CT molecular complexity index is 388. The zero-order valence-electron chi connectivity index (χ0n) is 12.9. The second-order valence-electron chi connectivity index (χ2n) is 7.34. The number of nitrogens with zero attached hydrogens (tertiary/aromatic N) is 1. The van der Waals surface area contributed by atoms with Crippen molar-refractivity contribution in [1.82, 2.24) is 4.90 Å². The van der Waals surface area contributed by atoms with E-state index in [0.717, 1.165) is 39.0 Å². The molecule has 0 spiro atoms. The standard InChI is InChI=1S/C16H28N2O2/c1-15(2)13-12(8-11-20-13)16(15,17)14(19)18-9-6-4-3-5-7-10-18/h12-13H,3-11,17H2,1-2H3. The minimum atomic E-state index is -0.715. The molecule has 2 heterocycles. The SMILES string of the molecule is CC1(C)C2OCCC2C1(N)C(=O)N1CCCCCCC1. The molecule has 1 aliphatic carbocycles. The molecule has 4 heteroatoms. The summed E-state index contributed by atoms with van der Waals surface area (Å²) in [6.45, 7) is 6.71. The largest absolute Gasteiger partial charge is 0.377 e. The van der Waals surface area contributed by atoms with Crippen LogP contribution in [-0.4, -0.2) is 42.1 Å². The lowest BCUT2D eigenvalue weighted by Crippen LogP contribution is -2.80. The van der Waals surface area contributed by atoms with Gasteiger partial charge in [0.15, 0.2) is 0 Å². The van der Waals surface area contributed by atoms with Gasteiger partial charge in [-0.2, -0.15) is 0 Å². The number of carbonyl (C=O) groups is 1. The highest BCUT2D eigenvalue weighted by atomic mass is 16.5. The van der Waals surface area contributed by atoms with E-state index in [0.29, 0.717) is 0 Å². The van der Waals surface area contributed by atoms with Crippen LogP contribution in [-0.2, 0) is 9.53 Å². The van der Waals surface area contributed by atoms with Gasteiger partial charge >= 0.3 is 0 Å². The molecule has 2 aliphatic heterocycles. The molecule has 3 rings (SSSR count). The van der Waals surface area contributed by atoms with E-state index < -0.39 is 5.54 Å². The van der Waals surface area contributed by atoms with Crippen LogP contribution in [0, 0.1) is 11.3 Å². The monoisotopic (exact) mass is 280 g/mol. The summed E-state index contributed by atoms with van der Waals surface area (Å²) in [5.41, 5.74) is 5.70. The lowest BCUT2D eigenvalue weighted by atomic mass is 9.47. The van der Waals surface area contributed by atoms with E-state index in [1.54, 1.807) is 0 Å². The molecule has 114 valence electrons. The van der Waals surface area contributed by atoms with Gasteiger partial charge in [-0.1, -0.05) is 33.1 Å². The Hall–Kier alpha value is -0.610. The summed E-state index contributed by atoms with van der Waals surface area (Å²) in [5, 5.41) is 0. The molecule has 0 radical (unpaired) electrons. The maximum atomic E-state index is 13.1. The van der Waals surface area contributed by atoms with E-state index >= 15 is 0 Å². The molecule has 0 aromatic rings. The molecule has 1 saturated carbocycles. The van der Waals surface area contributed by atoms with Gasteiger partial charge in [-0.3, -0.25) is 4.79 Å².